The van der Waals surface area contributed by atoms with Crippen LogP contribution < -0.4 is 5.73 Å². The molecule has 2 N–H and O–H groups in total. The minimum atomic E-state index is 0.573. The number of benzene rings is 1. The molecule has 2 aromatic rings. The molecule has 0 fully saturated rings. The highest BCUT2D eigenvalue weighted by molar-refractivity contribution is 8.01. The lowest BCUT2D eigenvalue weighted by Crippen LogP contribution is -2.00. The summed E-state index contributed by atoms with van der Waals surface area (Å²) in [4.78, 5) is 6.94. The van der Waals surface area contributed by atoms with Gasteiger partial charge in [0.15, 0.2) is 4.34 Å². The SMILES string of the molecule is CSc1cccc(Sc2nc(C)cs2)c1CN. The second-order valence-corrected chi connectivity index (χ2v) is 6.49. The molecule has 0 aliphatic rings. The van der Waals surface area contributed by atoms with Gasteiger partial charge in [0.25, 0.3) is 0 Å². The van der Waals surface area contributed by atoms with Gasteiger partial charge < -0.3 is 5.73 Å². The van der Waals surface area contributed by atoms with Crippen molar-refractivity contribution >= 4 is 34.9 Å². The van der Waals surface area contributed by atoms with Gasteiger partial charge in [-0.2, -0.15) is 0 Å². The third-order valence-electron chi connectivity index (χ3n) is 2.31. The number of hydrogen-bond acceptors (Lipinski definition) is 5. The van der Waals surface area contributed by atoms with E-state index in [1.165, 1.54) is 15.4 Å². The lowest BCUT2D eigenvalue weighted by atomic mass is 10.2. The summed E-state index contributed by atoms with van der Waals surface area (Å²) < 4.78 is 1.08. The number of hydrogen-bond donors (Lipinski definition) is 1. The lowest BCUT2D eigenvalue weighted by molar-refractivity contribution is 0.980. The lowest BCUT2D eigenvalue weighted by Gasteiger charge is -2.09. The van der Waals surface area contributed by atoms with Gasteiger partial charge in [0.05, 0.1) is 0 Å². The molecule has 1 aromatic carbocycles. The van der Waals surface area contributed by atoms with Crippen molar-refractivity contribution in [2.75, 3.05) is 6.26 Å². The maximum absolute atomic E-state index is 5.84. The molecule has 0 unspecified atom stereocenters. The normalized spacial score (nSPS) is 10.8. The van der Waals surface area contributed by atoms with E-state index < -0.39 is 0 Å². The fourth-order valence-electron chi connectivity index (χ4n) is 1.51. The molecule has 0 aliphatic heterocycles. The van der Waals surface area contributed by atoms with E-state index in [1.54, 1.807) is 34.9 Å². The number of nitrogens with zero attached hydrogens (tertiary/aromatic N) is 1. The Morgan fingerprint density at radius 2 is 2.12 bits per heavy atom. The van der Waals surface area contributed by atoms with Crippen LogP contribution in [-0.2, 0) is 6.54 Å². The van der Waals surface area contributed by atoms with Crippen molar-refractivity contribution in [1.82, 2.24) is 4.98 Å². The van der Waals surface area contributed by atoms with Crippen LogP contribution in [0.25, 0.3) is 0 Å². The van der Waals surface area contributed by atoms with Crippen LogP contribution in [0.3, 0.4) is 0 Å². The van der Waals surface area contributed by atoms with E-state index in [9.17, 15) is 0 Å². The fraction of sp³-hybridized carbons (Fsp3) is 0.250. The zero-order valence-electron chi connectivity index (χ0n) is 9.77. The molecule has 17 heavy (non-hydrogen) atoms. The summed E-state index contributed by atoms with van der Waals surface area (Å²) in [5.74, 6) is 0. The largest absolute Gasteiger partial charge is 0.326 e. The summed E-state index contributed by atoms with van der Waals surface area (Å²) in [5.41, 5.74) is 8.14. The topological polar surface area (TPSA) is 38.9 Å². The van der Waals surface area contributed by atoms with Gasteiger partial charge in [0, 0.05) is 27.4 Å². The number of thiazole rings is 1. The van der Waals surface area contributed by atoms with Gasteiger partial charge in [0.2, 0.25) is 0 Å². The van der Waals surface area contributed by atoms with Crippen molar-refractivity contribution in [3.63, 3.8) is 0 Å². The zero-order valence-corrected chi connectivity index (χ0v) is 12.2. The van der Waals surface area contributed by atoms with E-state index in [0.717, 1.165) is 10.0 Å². The van der Waals surface area contributed by atoms with E-state index in [1.807, 2.05) is 6.92 Å². The van der Waals surface area contributed by atoms with Crippen molar-refractivity contribution in [3.05, 3.63) is 34.8 Å². The minimum Gasteiger partial charge on any atom is -0.326 e. The molecule has 0 bridgehead atoms. The van der Waals surface area contributed by atoms with Gasteiger partial charge in [-0.1, -0.05) is 17.8 Å². The Balaban J connectivity index is 2.32. The average Bonchev–Trinajstić information content (AvgIpc) is 2.74. The van der Waals surface area contributed by atoms with Crippen LogP contribution in [0, 0.1) is 6.92 Å². The number of rotatable bonds is 4. The van der Waals surface area contributed by atoms with Crippen molar-refractivity contribution < 1.29 is 0 Å². The first-order valence-corrected chi connectivity index (χ1v) is 8.12. The zero-order chi connectivity index (χ0) is 12.3. The highest BCUT2D eigenvalue weighted by atomic mass is 32.2. The quantitative estimate of drug-likeness (QED) is 0.866. The van der Waals surface area contributed by atoms with Crippen LogP contribution in [0.4, 0.5) is 0 Å². The van der Waals surface area contributed by atoms with Crippen molar-refractivity contribution in [3.8, 4) is 0 Å². The molecule has 0 saturated carbocycles. The number of aryl methyl sites for hydroxylation is 1. The number of aromatic nitrogens is 1. The Kier molecular flexibility index (Phi) is 4.50. The van der Waals surface area contributed by atoms with Crippen LogP contribution in [0.15, 0.2) is 37.7 Å². The smallest absolute Gasteiger partial charge is 0.154 e. The van der Waals surface area contributed by atoms with E-state index in [-0.39, 0.29) is 0 Å². The monoisotopic (exact) mass is 282 g/mol. The predicted molar refractivity (Wildman–Crippen MR) is 77.1 cm³/mol. The second kappa shape index (κ2) is 5.91. The molecular weight excluding hydrogens is 268 g/mol. The standard InChI is InChI=1S/C12H14N2S3/c1-8-7-16-12(14-8)17-11-5-3-4-10(15-2)9(11)6-13/h3-5,7H,6,13H2,1-2H3. The van der Waals surface area contributed by atoms with Crippen LogP contribution in [0.5, 0.6) is 0 Å². The molecule has 0 amide bonds. The Bertz CT molecular complexity index is 508. The minimum absolute atomic E-state index is 0.573. The average molecular weight is 282 g/mol. The third kappa shape index (κ3) is 3.04. The molecule has 5 heteroatoms. The van der Waals surface area contributed by atoms with Gasteiger partial charge in [-0.3, -0.25) is 0 Å². The van der Waals surface area contributed by atoms with E-state index in [2.05, 4.69) is 34.8 Å². The first-order valence-electron chi connectivity index (χ1n) is 5.20. The summed E-state index contributed by atoms with van der Waals surface area (Å²) in [6.45, 7) is 2.59. The van der Waals surface area contributed by atoms with E-state index >= 15 is 0 Å². The van der Waals surface area contributed by atoms with Gasteiger partial charge in [-0.15, -0.1) is 23.1 Å². The molecule has 1 heterocycles. The molecule has 90 valence electrons. The molecule has 0 aliphatic carbocycles. The Hall–Kier alpha value is -0.490. The Labute approximate surface area is 114 Å². The summed E-state index contributed by atoms with van der Waals surface area (Å²) in [5, 5.41) is 2.07. The molecular formula is C12H14N2S3. The van der Waals surface area contributed by atoms with E-state index in [0.29, 0.717) is 6.54 Å². The molecule has 2 rings (SSSR count). The molecule has 0 saturated heterocycles. The highest BCUT2D eigenvalue weighted by Crippen LogP contribution is 2.35. The Morgan fingerprint density at radius 3 is 2.71 bits per heavy atom. The molecule has 0 radical (unpaired) electrons. The van der Waals surface area contributed by atoms with Crippen molar-refractivity contribution in [2.45, 2.75) is 27.6 Å². The summed E-state index contributed by atoms with van der Waals surface area (Å²) in [7, 11) is 0. The second-order valence-electron chi connectivity index (χ2n) is 3.50. The summed E-state index contributed by atoms with van der Waals surface area (Å²) in [6, 6.07) is 6.31. The predicted octanol–water partition coefficient (Wildman–Crippen LogP) is 3.78. The first kappa shape index (κ1) is 13.0. The molecule has 2 nitrogen and oxygen atoms in total. The van der Waals surface area contributed by atoms with Crippen LogP contribution in [0.1, 0.15) is 11.3 Å². The maximum Gasteiger partial charge on any atom is 0.154 e. The van der Waals surface area contributed by atoms with Gasteiger partial charge >= 0.3 is 0 Å². The molecule has 0 spiro atoms. The number of nitrogens with two attached hydrogens (primary N) is 1. The highest BCUT2D eigenvalue weighted by Gasteiger charge is 2.09. The first-order chi connectivity index (χ1) is 8.24. The van der Waals surface area contributed by atoms with Crippen molar-refractivity contribution in [2.24, 2.45) is 5.73 Å². The molecule has 1 aromatic heterocycles. The summed E-state index contributed by atoms with van der Waals surface area (Å²) >= 11 is 5.12. The van der Waals surface area contributed by atoms with Crippen LogP contribution >= 0.6 is 34.9 Å². The van der Waals surface area contributed by atoms with Gasteiger partial charge in [-0.05, 0) is 30.9 Å². The van der Waals surface area contributed by atoms with Crippen LogP contribution in [0.2, 0.25) is 0 Å². The fourth-order valence-corrected chi connectivity index (χ4v) is 4.19. The maximum atomic E-state index is 5.84. The van der Waals surface area contributed by atoms with Crippen LogP contribution in [-0.4, -0.2) is 11.2 Å². The summed E-state index contributed by atoms with van der Waals surface area (Å²) in [6.07, 6.45) is 2.08. The third-order valence-corrected chi connectivity index (χ3v) is 5.29. The van der Waals surface area contributed by atoms with Crippen molar-refractivity contribution in [1.29, 1.82) is 0 Å². The van der Waals surface area contributed by atoms with E-state index in [4.69, 9.17) is 5.73 Å². The van der Waals surface area contributed by atoms with Gasteiger partial charge in [-0.25, -0.2) is 4.98 Å². The number of thioether (sulfide) groups is 1. The van der Waals surface area contributed by atoms with Gasteiger partial charge in [0.1, 0.15) is 0 Å². The Morgan fingerprint density at radius 1 is 1.35 bits per heavy atom. The molecule has 0 atom stereocenters.